The van der Waals surface area contributed by atoms with Crippen LogP contribution in [0.15, 0.2) is 23.2 Å². The largest absolute Gasteiger partial charge is 0.381 e. The number of halogens is 1. The maximum absolute atomic E-state index is 5.47. The van der Waals surface area contributed by atoms with Crippen molar-refractivity contribution < 1.29 is 4.74 Å². The molecule has 1 aromatic rings. The third-order valence-corrected chi connectivity index (χ3v) is 4.39. The highest BCUT2D eigenvalue weighted by molar-refractivity contribution is 14.0. The van der Waals surface area contributed by atoms with Crippen LogP contribution in [0.25, 0.3) is 0 Å². The summed E-state index contributed by atoms with van der Waals surface area (Å²) in [5.74, 6) is 1.63. The average molecular weight is 445 g/mol. The van der Waals surface area contributed by atoms with Crippen LogP contribution in [0.4, 0.5) is 0 Å². The smallest absolute Gasteiger partial charge is 0.193 e. The second kappa shape index (κ2) is 10.9. The molecular formula is C19H32IN3O. The quantitative estimate of drug-likeness (QED) is 0.415. The summed E-state index contributed by atoms with van der Waals surface area (Å²) in [5, 5.41) is 3.40. The van der Waals surface area contributed by atoms with E-state index in [1.54, 1.807) is 0 Å². The molecule has 1 unspecified atom stereocenters. The van der Waals surface area contributed by atoms with Crippen molar-refractivity contribution in [1.82, 2.24) is 10.2 Å². The van der Waals surface area contributed by atoms with E-state index in [0.29, 0.717) is 5.92 Å². The van der Waals surface area contributed by atoms with Gasteiger partial charge in [-0.05, 0) is 44.7 Å². The minimum atomic E-state index is 0. The predicted octanol–water partition coefficient (Wildman–Crippen LogP) is 3.40. The lowest BCUT2D eigenvalue weighted by Crippen LogP contribution is -2.41. The van der Waals surface area contributed by atoms with Crippen molar-refractivity contribution in [3.63, 3.8) is 0 Å². The molecule has 1 heterocycles. The monoisotopic (exact) mass is 445 g/mol. The van der Waals surface area contributed by atoms with Gasteiger partial charge in [0.2, 0.25) is 0 Å². The minimum absolute atomic E-state index is 0. The molecule has 2 rings (SSSR count). The van der Waals surface area contributed by atoms with Gasteiger partial charge in [0, 0.05) is 39.2 Å². The molecule has 5 heteroatoms. The van der Waals surface area contributed by atoms with Crippen LogP contribution in [0.2, 0.25) is 0 Å². The molecule has 1 saturated heterocycles. The Morgan fingerprint density at radius 3 is 2.79 bits per heavy atom. The Morgan fingerprint density at radius 1 is 1.38 bits per heavy atom. The highest BCUT2D eigenvalue weighted by atomic mass is 127. The van der Waals surface area contributed by atoms with Crippen molar-refractivity contribution in [3.05, 3.63) is 34.9 Å². The summed E-state index contributed by atoms with van der Waals surface area (Å²) < 4.78 is 5.47. The lowest BCUT2D eigenvalue weighted by Gasteiger charge is -2.24. The summed E-state index contributed by atoms with van der Waals surface area (Å²) >= 11 is 0. The first-order valence-electron chi connectivity index (χ1n) is 8.73. The van der Waals surface area contributed by atoms with Crippen LogP contribution in [0.1, 0.15) is 30.0 Å². The molecular weight excluding hydrogens is 413 g/mol. The van der Waals surface area contributed by atoms with Crippen LogP contribution in [0.3, 0.4) is 0 Å². The fraction of sp³-hybridized carbons (Fsp3) is 0.632. The number of rotatable bonds is 6. The summed E-state index contributed by atoms with van der Waals surface area (Å²) in [5.41, 5.74) is 4.07. The molecule has 0 bridgehead atoms. The number of ether oxygens (including phenoxy) is 1. The number of hydrogen-bond donors (Lipinski definition) is 1. The van der Waals surface area contributed by atoms with E-state index >= 15 is 0 Å². The fourth-order valence-corrected chi connectivity index (χ4v) is 3.08. The number of aryl methyl sites for hydroxylation is 2. The van der Waals surface area contributed by atoms with Gasteiger partial charge in [-0.1, -0.05) is 23.8 Å². The second-order valence-electron chi connectivity index (χ2n) is 6.53. The Hall–Kier alpha value is -0.820. The van der Waals surface area contributed by atoms with E-state index in [9.17, 15) is 0 Å². The van der Waals surface area contributed by atoms with Crippen molar-refractivity contribution in [2.75, 3.05) is 39.9 Å². The second-order valence-corrected chi connectivity index (χ2v) is 6.53. The molecule has 0 saturated carbocycles. The molecule has 1 atom stereocenters. The Balaban J connectivity index is 0.00000288. The minimum Gasteiger partial charge on any atom is -0.381 e. The molecule has 24 heavy (non-hydrogen) atoms. The zero-order chi connectivity index (χ0) is 16.7. The van der Waals surface area contributed by atoms with E-state index in [1.165, 1.54) is 16.7 Å². The molecule has 0 aliphatic carbocycles. The average Bonchev–Trinajstić information content (AvgIpc) is 3.01. The van der Waals surface area contributed by atoms with Crippen LogP contribution in [0, 0.1) is 19.8 Å². The Morgan fingerprint density at radius 2 is 2.17 bits per heavy atom. The summed E-state index contributed by atoms with van der Waals surface area (Å²) in [4.78, 5) is 7.05. The van der Waals surface area contributed by atoms with Crippen molar-refractivity contribution >= 4 is 29.9 Å². The van der Waals surface area contributed by atoms with Gasteiger partial charge in [-0.2, -0.15) is 0 Å². The van der Waals surface area contributed by atoms with Crippen molar-refractivity contribution in [3.8, 4) is 0 Å². The fourth-order valence-electron chi connectivity index (χ4n) is 3.08. The zero-order valence-corrected chi connectivity index (χ0v) is 17.8. The first-order valence-corrected chi connectivity index (χ1v) is 8.73. The predicted molar refractivity (Wildman–Crippen MR) is 113 cm³/mol. The highest BCUT2D eigenvalue weighted by Gasteiger charge is 2.18. The third-order valence-electron chi connectivity index (χ3n) is 4.39. The Bertz CT molecular complexity index is 527. The molecule has 0 radical (unpaired) electrons. The molecule has 1 fully saturated rings. The summed E-state index contributed by atoms with van der Waals surface area (Å²) in [6.45, 7) is 10.9. The van der Waals surface area contributed by atoms with E-state index in [4.69, 9.17) is 9.73 Å². The van der Waals surface area contributed by atoms with Crippen LogP contribution in [-0.4, -0.2) is 50.8 Å². The zero-order valence-electron chi connectivity index (χ0n) is 15.5. The van der Waals surface area contributed by atoms with Crippen LogP contribution >= 0.6 is 24.0 Å². The van der Waals surface area contributed by atoms with E-state index in [-0.39, 0.29) is 24.0 Å². The van der Waals surface area contributed by atoms with E-state index in [1.807, 2.05) is 0 Å². The van der Waals surface area contributed by atoms with Gasteiger partial charge in [0.15, 0.2) is 5.96 Å². The maximum Gasteiger partial charge on any atom is 0.193 e. The standard InChI is InChI=1S/C19H31N3O.HI/c1-5-20-19(22(4)13-17-9-11-23-14-17)21-10-8-18-7-6-15(2)12-16(18)3;/h6-7,12,17H,5,8-11,13-14H2,1-4H3,(H,20,21);1H. The van der Waals surface area contributed by atoms with E-state index in [2.05, 4.69) is 56.2 Å². The highest BCUT2D eigenvalue weighted by Crippen LogP contribution is 2.14. The molecule has 0 aromatic heterocycles. The van der Waals surface area contributed by atoms with Crippen LogP contribution in [-0.2, 0) is 11.2 Å². The maximum atomic E-state index is 5.47. The lowest BCUT2D eigenvalue weighted by molar-refractivity contribution is 0.181. The number of hydrogen-bond acceptors (Lipinski definition) is 2. The molecule has 1 aliphatic rings. The van der Waals surface area contributed by atoms with Gasteiger partial charge in [0.25, 0.3) is 0 Å². The summed E-state index contributed by atoms with van der Waals surface area (Å²) in [6.07, 6.45) is 2.15. The van der Waals surface area contributed by atoms with Gasteiger partial charge in [-0.3, -0.25) is 4.99 Å². The van der Waals surface area contributed by atoms with E-state index in [0.717, 1.165) is 51.6 Å². The van der Waals surface area contributed by atoms with Crippen molar-refractivity contribution in [2.45, 2.75) is 33.6 Å². The van der Waals surface area contributed by atoms with Gasteiger partial charge >= 0.3 is 0 Å². The van der Waals surface area contributed by atoms with Gasteiger partial charge < -0.3 is 15.0 Å². The first-order chi connectivity index (χ1) is 11.1. The molecule has 1 N–H and O–H groups in total. The lowest BCUT2D eigenvalue weighted by atomic mass is 10.0. The molecule has 0 spiro atoms. The number of benzene rings is 1. The SMILES string of the molecule is CCNC(=NCCc1ccc(C)cc1C)N(C)CC1CCOC1.I. The van der Waals surface area contributed by atoms with Crippen molar-refractivity contribution in [2.24, 2.45) is 10.9 Å². The summed E-state index contributed by atoms with van der Waals surface area (Å²) in [6, 6.07) is 6.66. The first kappa shape index (κ1) is 21.2. The van der Waals surface area contributed by atoms with Crippen LogP contribution < -0.4 is 5.32 Å². The summed E-state index contributed by atoms with van der Waals surface area (Å²) in [7, 11) is 2.12. The molecule has 0 amide bonds. The van der Waals surface area contributed by atoms with Crippen LogP contribution in [0.5, 0.6) is 0 Å². The van der Waals surface area contributed by atoms with Crippen molar-refractivity contribution in [1.29, 1.82) is 0 Å². The molecule has 4 nitrogen and oxygen atoms in total. The topological polar surface area (TPSA) is 36.9 Å². The molecule has 1 aromatic carbocycles. The third kappa shape index (κ3) is 6.59. The Kier molecular flexibility index (Phi) is 9.66. The number of nitrogens with zero attached hydrogens (tertiary/aromatic N) is 2. The molecule has 136 valence electrons. The van der Waals surface area contributed by atoms with E-state index < -0.39 is 0 Å². The van der Waals surface area contributed by atoms with Gasteiger partial charge in [-0.15, -0.1) is 24.0 Å². The number of nitrogens with one attached hydrogen (secondary N) is 1. The molecule has 1 aliphatic heterocycles. The Labute approximate surface area is 164 Å². The van der Waals surface area contributed by atoms with Gasteiger partial charge in [-0.25, -0.2) is 0 Å². The number of guanidine groups is 1. The normalized spacial score (nSPS) is 17.5. The van der Waals surface area contributed by atoms with Gasteiger partial charge in [0.05, 0.1) is 6.61 Å². The van der Waals surface area contributed by atoms with Gasteiger partial charge in [0.1, 0.15) is 0 Å². The number of aliphatic imine (C=N–C) groups is 1.